The molecule has 0 radical (unpaired) electrons. The molecule has 1 amide bonds. The lowest BCUT2D eigenvalue weighted by molar-refractivity contribution is -0.114. The van der Waals surface area contributed by atoms with Crippen LogP contribution in [0.3, 0.4) is 0 Å². The molecular weight excluding hydrogens is 393 g/mol. The molecule has 2 N–H and O–H groups in total. The number of amides is 1. The Morgan fingerprint density at radius 1 is 1.23 bits per heavy atom. The predicted molar refractivity (Wildman–Crippen MR) is 119 cm³/mol. The summed E-state index contributed by atoms with van der Waals surface area (Å²) in [7, 11) is 0. The molecule has 1 unspecified atom stereocenters. The zero-order chi connectivity index (χ0) is 22.1. The van der Waals surface area contributed by atoms with Gasteiger partial charge in [0.1, 0.15) is 11.6 Å². The lowest BCUT2D eigenvalue weighted by atomic mass is 9.79. The Morgan fingerprint density at radius 2 is 1.97 bits per heavy atom. The number of H-pyrrole nitrogens is 1. The number of ketones is 1. The summed E-state index contributed by atoms with van der Waals surface area (Å²) in [6, 6.07) is 10.0. The maximum Gasteiger partial charge on any atom is 0.222 e. The zero-order valence-electron chi connectivity index (χ0n) is 18.0. The number of fused-ring (bicyclic) bond motifs is 1. The van der Waals surface area contributed by atoms with E-state index >= 15 is 0 Å². The van der Waals surface area contributed by atoms with Gasteiger partial charge in [-0.2, -0.15) is 0 Å². The van der Waals surface area contributed by atoms with Crippen molar-refractivity contribution in [2.24, 2.45) is 11.8 Å². The lowest BCUT2D eigenvalue weighted by Gasteiger charge is -2.25. The van der Waals surface area contributed by atoms with Crippen LogP contribution in [-0.4, -0.2) is 21.7 Å². The molecule has 0 fully saturated rings. The maximum absolute atomic E-state index is 13.4. The topological polar surface area (TPSA) is 74.8 Å². The molecule has 3 aromatic rings. The van der Waals surface area contributed by atoms with Crippen molar-refractivity contribution in [1.29, 1.82) is 0 Å². The minimum Gasteiger partial charge on any atom is -0.358 e. The average molecular weight is 420 g/mol. The molecule has 0 saturated carbocycles. The van der Waals surface area contributed by atoms with Gasteiger partial charge in [0.25, 0.3) is 0 Å². The number of hydrogen-bond acceptors (Lipinski definition) is 3. The fraction of sp³-hybridized carbons (Fsp3) is 0.320. The van der Waals surface area contributed by atoms with Gasteiger partial charge >= 0.3 is 0 Å². The fourth-order valence-corrected chi connectivity index (χ4v) is 4.30. The van der Waals surface area contributed by atoms with Crippen LogP contribution in [0.2, 0.25) is 0 Å². The van der Waals surface area contributed by atoms with Crippen LogP contribution < -0.4 is 5.32 Å². The first-order valence-corrected chi connectivity index (χ1v) is 10.6. The SMILES string of the molecule is CC(=O)Nc1cc(-c2[nH]c3c(c2Cc2ccc(F)cc2)C(=O)CC(C(C)C)C3)ccn1. The molecular formula is C25H26FN3O2. The van der Waals surface area contributed by atoms with E-state index in [2.05, 4.69) is 29.1 Å². The second kappa shape index (κ2) is 8.46. The summed E-state index contributed by atoms with van der Waals surface area (Å²) in [5.74, 6) is 0.837. The number of carbonyl (C=O) groups is 2. The highest BCUT2D eigenvalue weighted by Crippen LogP contribution is 2.38. The summed E-state index contributed by atoms with van der Waals surface area (Å²) >= 11 is 0. The molecule has 0 bridgehead atoms. The molecule has 6 heteroatoms. The molecule has 0 aliphatic heterocycles. The van der Waals surface area contributed by atoms with E-state index in [1.54, 1.807) is 24.4 Å². The van der Waals surface area contributed by atoms with Crippen molar-refractivity contribution >= 4 is 17.5 Å². The molecule has 1 atom stereocenters. The van der Waals surface area contributed by atoms with Crippen LogP contribution in [0.1, 0.15) is 54.4 Å². The molecule has 31 heavy (non-hydrogen) atoms. The first-order chi connectivity index (χ1) is 14.8. The van der Waals surface area contributed by atoms with Gasteiger partial charge in [0.2, 0.25) is 5.91 Å². The third kappa shape index (κ3) is 4.43. The van der Waals surface area contributed by atoms with Gasteiger partial charge in [-0.15, -0.1) is 0 Å². The predicted octanol–water partition coefficient (Wildman–Crippen LogP) is 5.17. The van der Waals surface area contributed by atoms with E-state index in [1.165, 1.54) is 19.1 Å². The Labute approximate surface area is 181 Å². The Kier molecular flexibility index (Phi) is 5.72. The van der Waals surface area contributed by atoms with Gasteiger partial charge in [-0.25, -0.2) is 9.37 Å². The van der Waals surface area contributed by atoms with Crippen LogP contribution in [0.25, 0.3) is 11.3 Å². The maximum atomic E-state index is 13.4. The van der Waals surface area contributed by atoms with Gasteiger partial charge in [-0.3, -0.25) is 9.59 Å². The summed E-state index contributed by atoms with van der Waals surface area (Å²) in [5.41, 5.74) is 5.25. The minimum absolute atomic E-state index is 0.149. The molecule has 0 spiro atoms. The molecule has 2 heterocycles. The first-order valence-electron chi connectivity index (χ1n) is 10.6. The largest absolute Gasteiger partial charge is 0.358 e. The number of aromatic nitrogens is 2. The number of nitrogens with one attached hydrogen (secondary N) is 2. The summed E-state index contributed by atoms with van der Waals surface area (Å²) in [5, 5.41) is 2.71. The molecule has 0 saturated heterocycles. The highest BCUT2D eigenvalue weighted by atomic mass is 19.1. The number of nitrogens with zero attached hydrogens (tertiary/aromatic N) is 1. The van der Waals surface area contributed by atoms with E-state index in [0.29, 0.717) is 30.5 Å². The number of anilines is 1. The third-order valence-electron chi connectivity index (χ3n) is 5.96. The van der Waals surface area contributed by atoms with Crippen LogP contribution in [0.4, 0.5) is 10.2 Å². The molecule has 1 aromatic carbocycles. The van der Waals surface area contributed by atoms with Gasteiger partial charge in [0.15, 0.2) is 5.78 Å². The summed E-state index contributed by atoms with van der Waals surface area (Å²) in [6.45, 7) is 5.73. The number of aromatic amines is 1. The Morgan fingerprint density at radius 3 is 2.65 bits per heavy atom. The molecule has 160 valence electrons. The second-order valence-electron chi connectivity index (χ2n) is 8.58. The highest BCUT2D eigenvalue weighted by Gasteiger charge is 2.32. The standard InChI is InChI=1S/C25H26FN3O2/c1-14(2)18-11-21-24(22(31)12-18)20(10-16-4-6-19(26)7-5-16)25(29-21)17-8-9-27-23(13-17)28-15(3)30/h4-9,13-14,18,29H,10-12H2,1-3H3,(H,27,28,30). The van der Waals surface area contributed by atoms with E-state index in [4.69, 9.17) is 0 Å². The van der Waals surface area contributed by atoms with Crippen molar-refractivity contribution in [2.45, 2.75) is 40.0 Å². The van der Waals surface area contributed by atoms with E-state index in [9.17, 15) is 14.0 Å². The molecule has 5 nitrogen and oxygen atoms in total. The Balaban J connectivity index is 1.82. The minimum atomic E-state index is -0.287. The van der Waals surface area contributed by atoms with E-state index in [1.807, 2.05) is 6.07 Å². The Hall–Kier alpha value is -3.28. The normalized spacial score (nSPS) is 15.8. The van der Waals surface area contributed by atoms with Gasteiger partial charge < -0.3 is 10.3 Å². The van der Waals surface area contributed by atoms with Gasteiger partial charge in [-0.05, 0) is 53.6 Å². The summed E-state index contributed by atoms with van der Waals surface area (Å²) in [6.07, 6.45) is 3.50. The quantitative estimate of drug-likeness (QED) is 0.599. The number of benzene rings is 1. The third-order valence-corrected chi connectivity index (χ3v) is 5.96. The van der Waals surface area contributed by atoms with Crippen molar-refractivity contribution in [3.63, 3.8) is 0 Å². The Bertz CT molecular complexity index is 1130. The zero-order valence-corrected chi connectivity index (χ0v) is 18.0. The van der Waals surface area contributed by atoms with Gasteiger partial charge in [0.05, 0.1) is 5.69 Å². The molecule has 1 aliphatic rings. The number of rotatable bonds is 5. The van der Waals surface area contributed by atoms with Crippen molar-refractivity contribution in [3.8, 4) is 11.3 Å². The number of Topliss-reactive ketones (excluding diaryl/α,β-unsaturated/α-hetero) is 1. The van der Waals surface area contributed by atoms with Crippen molar-refractivity contribution in [3.05, 3.63) is 70.8 Å². The van der Waals surface area contributed by atoms with Crippen LogP contribution in [0.15, 0.2) is 42.6 Å². The number of hydrogen-bond donors (Lipinski definition) is 2. The van der Waals surface area contributed by atoms with Gasteiger partial charge in [-0.1, -0.05) is 26.0 Å². The van der Waals surface area contributed by atoms with Crippen molar-refractivity contribution < 1.29 is 14.0 Å². The average Bonchev–Trinajstić information content (AvgIpc) is 3.08. The number of halogens is 1. The molecule has 2 aromatic heterocycles. The second-order valence-corrected chi connectivity index (χ2v) is 8.58. The van der Waals surface area contributed by atoms with Crippen LogP contribution >= 0.6 is 0 Å². The summed E-state index contributed by atoms with van der Waals surface area (Å²) in [4.78, 5) is 32.4. The van der Waals surface area contributed by atoms with Gasteiger partial charge in [0, 0.05) is 42.8 Å². The first kappa shape index (κ1) is 21.0. The van der Waals surface area contributed by atoms with Crippen LogP contribution in [0.5, 0.6) is 0 Å². The van der Waals surface area contributed by atoms with E-state index in [0.717, 1.165) is 40.1 Å². The monoisotopic (exact) mass is 419 g/mol. The van der Waals surface area contributed by atoms with E-state index in [-0.39, 0.29) is 17.5 Å². The lowest BCUT2D eigenvalue weighted by Crippen LogP contribution is -2.24. The highest BCUT2D eigenvalue weighted by molar-refractivity contribution is 6.02. The van der Waals surface area contributed by atoms with Crippen LogP contribution in [0, 0.1) is 17.7 Å². The summed E-state index contributed by atoms with van der Waals surface area (Å²) < 4.78 is 13.4. The molecule has 4 rings (SSSR count). The van der Waals surface area contributed by atoms with Crippen molar-refractivity contribution in [1.82, 2.24) is 9.97 Å². The fourth-order valence-electron chi connectivity index (χ4n) is 4.30. The smallest absolute Gasteiger partial charge is 0.222 e. The number of carbonyl (C=O) groups excluding carboxylic acids is 2. The van der Waals surface area contributed by atoms with Crippen LogP contribution in [-0.2, 0) is 17.6 Å². The molecule has 1 aliphatic carbocycles. The number of pyridine rings is 1. The van der Waals surface area contributed by atoms with Crippen molar-refractivity contribution in [2.75, 3.05) is 5.32 Å². The van der Waals surface area contributed by atoms with E-state index < -0.39 is 0 Å².